The van der Waals surface area contributed by atoms with E-state index >= 15 is 0 Å². The average Bonchev–Trinajstić information content (AvgIpc) is 3.08. The molecular formula is C19H26ClN7O. The van der Waals surface area contributed by atoms with Gasteiger partial charge in [-0.05, 0) is 13.1 Å². The summed E-state index contributed by atoms with van der Waals surface area (Å²) in [6, 6.07) is 7.99. The number of ether oxygens (including phenoxy) is 1. The summed E-state index contributed by atoms with van der Waals surface area (Å²) < 4.78 is 7.25. The lowest BCUT2D eigenvalue weighted by molar-refractivity contribution is 0.311. The van der Waals surface area contributed by atoms with Crippen LogP contribution in [-0.2, 0) is 13.6 Å². The van der Waals surface area contributed by atoms with Crippen molar-refractivity contribution in [3.63, 3.8) is 0 Å². The molecule has 4 rings (SSSR count). The zero-order valence-electron chi connectivity index (χ0n) is 16.4. The third-order valence-corrected chi connectivity index (χ3v) is 5.01. The van der Waals surface area contributed by atoms with Gasteiger partial charge >= 0.3 is 0 Å². The molecule has 1 aromatic carbocycles. The third-order valence-electron chi connectivity index (χ3n) is 5.01. The van der Waals surface area contributed by atoms with Gasteiger partial charge in [0.25, 0.3) is 0 Å². The highest BCUT2D eigenvalue weighted by Crippen LogP contribution is 2.25. The van der Waals surface area contributed by atoms with Crippen molar-refractivity contribution in [1.82, 2.24) is 24.6 Å². The third kappa shape index (κ3) is 3.98. The molecule has 150 valence electrons. The smallest absolute Gasteiger partial charge is 0.229 e. The highest BCUT2D eigenvalue weighted by molar-refractivity contribution is 5.87. The number of nitrogens with one attached hydrogen (secondary N) is 1. The van der Waals surface area contributed by atoms with Crippen molar-refractivity contribution in [2.45, 2.75) is 6.54 Å². The predicted molar refractivity (Wildman–Crippen MR) is 114 cm³/mol. The van der Waals surface area contributed by atoms with E-state index in [1.165, 1.54) is 0 Å². The molecule has 0 saturated carbocycles. The summed E-state index contributed by atoms with van der Waals surface area (Å²) in [6.45, 7) is 4.48. The molecule has 3 heterocycles. The SMILES string of the molecule is COc1ccccc1CNc1nc(N2CCN(C)CC2)nc2c1cnn2C.Cl. The van der Waals surface area contributed by atoms with Crippen LogP contribution in [0.1, 0.15) is 5.56 Å². The van der Waals surface area contributed by atoms with E-state index in [4.69, 9.17) is 14.7 Å². The van der Waals surface area contributed by atoms with Crippen LogP contribution < -0.4 is 15.0 Å². The first-order valence-corrected chi connectivity index (χ1v) is 9.14. The number of nitrogens with zero attached hydrogens (tertiary/aromatic N) is 6. The number of para-hydroxylation sites is 1. The fourth-order valence-electron chi connectivity index (χ4n) is 3.32. The Morgan fingerprint density at radius 1 is 1.07 bits per heavy atom. The number of likely N-dealkylation sites (N-methyl/N-ethyl adjacent to an activating group) is 1. The van der Waals surface area contributed by atoms with Crippen LogP contribution in [0.3, 0.4) is 0 Å². The van der Waals surface area contributed by atoms with Crippen LogP contribution in [0.2, 0.25) is 0 Å². The van der Waals surface area contributed by atoms with Gasteiger partial charge in [0.2, 0.25) is 5.95 Å². The molecule has 1 fully saturated rings. The summed E-state index contributed by atoms with van der Waals surface area (Å²) in [6.07, 6.45) is 1.81. The summed E-state index contributed by atoms with van der Waals surface area (Å²) in [5.41, 5.74) is 1.92. The first-order valence-electron chi connectivity index (χ1n) is 9.14. The van der Waals surface area contributed by atoms with Gasteiger partial charge in [-0.3, -0.25) is 4.68 Å². The fourth-order valence-corrected chi connectivity index (χ4v) is 3.32. The van der Waals surface area contributed by atoms with Gasteiger partial charge in [0, 0.05) is 45.3 Å². The Morgan fingerprint density at radius 2 is 1.82 bits per heavy atom. The number of halogens is 1. The summed E-state index contributed by atoms with van der Waals surface area (Å²) in [5.74, 6) is 2.41. The van der Waals surface area contributed by atoms with Gasteiger partial charge in [0.05, 0.1) is 18.7 Å². The molecule has 0 unspecified atom stereocenters. The zero-order valence-corrected chi connectivity index (χ0v) is 17.2. The van der Waals surface area contributed by atoms with Gasteiger partial charge in [-0.1, -0.05) is 18.2 Å². The van der Waals surface area contributed by atoms with E-state index in [1.807, 2.05) is 31.4 Å². The molecule has 0 radical (unpaired) electrons. The van der Waals surface area contributed by atoms with Crippen molar-refractivity contribution in [2.24, 2.45) is 7.05 Å². The van der Waals surface area contributed by atoms with Crippen molar-refractivity contribution in [1.29, 1.82) is 0 Å². The largest absolute Gasteiger partial charge is 0.496 e. The lowest BCUT2D eigenvalue weighted by atomic mass is 10.2. The summed E-state index contributed by atoms with van der Waals surface area (Å²) in [7, 11) is 5.74. The number of methoxy groups -OCH3 is 1. The normalized spacial score (nSPS) is 14.8. The molecule has 0 atom stereocenters. The highest BCUT2D eigenvalue weighted by Gasteiger charge is 2.20. The zero-order chi connectivity index (χ0) is 18.8. The molecule has 8 nitrogen and oxygen atoms in total. The molecule has 28 heavy (non-hydrogen) atoms. The van der Waals surface area contributed by atoms with Crippen LogP contribution in [0, 0.1) is 0 Å². The molecule has 1 aliphatic heterocycles. The molecule has 0 aliphatic carbocycles. The van der Waals surface area contributed by atoms with E-state index in [9.17, 15) is 0 Å². The van der Waals surface area contributed by atoms with Crippen molar-refractivity contribution < 1.29 is 4.74 Å². The van der Waals surface area contributed by atoms with Gasteiger partial charge in [-0.15, -0.1) is 12.4 Å². The van der Waals surface area contributed by atoms with E-state index in [0.717, 1.165) is 60.3 Å². The topological polar surface area (TPSA) is 71.3 Å². The van der Waals surface area contributed by atoms with Crippen LogP contribution in [0.4, 0.5) is 11.8 Å². The minimum Gasteiger partial charge on any atom is -0.496 e. The number of anilines is 2. The van der Waals surface area contributed by atoms with Crippen LogP contribution in [-0.4, -0.2) is 65.0 Å². The molecule has 1 aliphatic rings. The van der Waals surface area contributed by atoms with E-state index in [1.54, 1.807) is 11.8 Å². The first kappa shape index (κ1) is 20.2. The van der Waals surface area contributed by atoms with E-state index < -0.39 is 0 Å². The van der Waals surface area contributed by atoms with Gasteiger partial charge in [-0.2, -0.15) is 15.1 Å². The Kier molecular flexibility index (Phi) is 6.21. The second kappa shape index (κ2) is 8.62. The molecule has 3 aromatic rings. The van der Waals surface area contributed by atoms with Crippen LogP contribution in [0.25, 0.3) is 11.0 Å². The minimum absolute atomic E-state index is 0. The molecule has 1 N–H and O–H groups in total. The Labute approximate surface area is 170 Å². The lowest BCUT2D eigenvalue weighted by Crippen LogP contribution is -2.45. The summed E-state index contributed by atoms with van der Waals surface area (Å²) >= 11 is 0. The van der Waals surface area contributed by atoms with E-state index in [-0.39, 0.29) is 12.4 Å². The van der Waals surface area contributed by atoms with Crippen molar-refractivity contribution >= 4 is 35.2 Å². The second-order valence-electron chi connectivity index (χ2n) is 6.83. The maximum atomic E-state index is 5.45. The monoisotopic (exact) mass is 403 g/mol. The maximum Gasteiger partial charge on any atom is 0.229 e. The van der Waals surface area contributed by atoms with E-state index in [0.29, 0.717) is 6.54 Å². The highest BCUT2D eigenvalue weighted by atomic mass is 35.5. The average molecular weight is 404 g/mol. The molecule has 9 heteroatoms. The lowest BCUT2D eigenvalue weighted by Gasteiger charge is -2.32. The van der Waals surface area contributed by atoms with Crippen molar-refractivity contribution in [3.8, 4) is 5.75 Å². The fraction of sp³-hybridized carbons (Fsp3) is 0.421. The predicted octanol–water partition coefficient (Wildman–Crippen LogP) is 2.16. The van der Waals surface area contributed by atoms with Gasteiger partial charge in [0.15, 0.2) is 5.65 Å². The minimum atomic E-state index is 0. The van der Waals surface area contributed by atoms with Crippen molar-refractivity contribution in [3.05, 3.63) is 36.0 Å². The number of fused-ring (bicyclic) bond motifs is 1. The van der Waals surface area contributed by atoms with Crippen LogP contribution in [0.5, 0.6) is 5.75 Å². The summed E-state index contributed by atoms with van der Waals surface area (Å²) in [5, 5.41) is 8.75. The quantitative estimate of drug-likeness (QED) is 0.699. The number of hydrogen-bond donors (Lipinski definition) is 1. The Balaban J connectivity index is 0.00000225. The standard InChI is InChI=1S/C19H25N7O.ClH/c1-24-8-10-26(11-9-24)19-22-17(15-13-21-25(2)18(15)23-19)20-12-14-6-4-5-7-16(14)27-3;/h4-7,13H,8-12H2,1-3H3,(H,20,22,23);1H. The number of aromatic nitrogens is 4. The van der Waals surface area contributed by atoms with Crippen molar-refractivity contribution in [2.75, 3.05) is 50.6 Å². The molecule has 1 saturated heterocycles. The second-order valence-corrected chi connectivity index (χ2v) is 6.83. The first-order chi connectivity index (χ1) is 13.2. The molecule has 0 spiro atoms. The molecule has 2 aromatic heterocycles. The number of benzene rings is 1. The van der Waals surface area contributed by atoms with Gasteiger partial charge in [-0.25, -0.2) is 0 Å². The number of rotatable bonds is 5. The maximum absolute atomic E-state index is 5.45. The molecular weight excluding hydrogens is 378 g/mol. The van der Waals surface area contributed by atoms with Crippen LogP contribution >= 0.6 is 12.4 Å². The van der Waals surface area contributed by atoms with Gasteiger partial charge in [0.1, 0.15) is 11.6 Å². The number of hydrogen-bond acceptors (Lipinski definition) is 7. The Morgan fingerprint density at radius 3 is 2.57 bits per heavy atom. The summed E-state index contributed by atoms with van der Waals surface area (Å²) in [4.78, 5) is 14.1. The number of piperazine rings is 1. The number of aryl methyl sites for hydroxylation is 1. The molecule has 0 amide bonds. The van der Waals surface area contributed by atoms with E-state index in [2.05, 4.69) is 33.3 Å². The Bertz CT molecular complexity index is 937. The van der Waals surface area contributed by atoms with Crippen LogP contribution in [0.15, 0.2) is 30.5 Å². The Hall–Kier alpha value is -2.58. The van der Waals surface area contributed by atoms with Gasteiger partial charge < -0.3 is 19.9 Å². The molecule has 0 bridgehead atoms.